The van der Waals surface area contributed by atoms with Gasteiger partial charge in [0.05, 0.1) is 11.0 Å². The molecule has 3 rings (SSSR count). The number of aryl methyl sites for hydroxylation is 5. The van der Waals surface area contributed by atoms with Gasteiger partial charge in [-0.15, -0.1) is 0 Å². The number of unbranched alkanes of at least 4 members (excludes halogenated alkanes) is 1. The van der Waals surface area contributed by atoms with Crippen molar-refractivity contribution in [2.24, 2.45) is 7.05 Å². The summed E-state index contributed by atoms with van der Waals surface area (Å²) in [6.45, 7) is 13.0. The molecule has 2 heterocycles. The van der Waals surface area contributed by atoms with Gasteiger partial charge >= 0.3 is 0 Å². The van der Waals surface area contributed by atoms with Crippen LogP contribution in [0.4, 0.5) is 0 Å². The van der Waals surface area contributed by atoms with Crippen LogP contribution in [0.5, 0.6) is 0 Å². The van der Waals surface area contributed by atoms with Crippen molar-refractivity contribution in [1.82, 2.24) is 14.9 Å². The van der Waals surface area contributed by atoms with Crippen LogP contribution in [0.1, 0.15) is 47.7 Å². The third-order valence-electron chi connectivity index (χ3n) is 5.35. The molecule has 0 aliphatic heterocycles. The van der Waals surface area contributed by atoms with Crippen molar-refractivity contribution in [2.75, 3.05) is 13.1 Å². The molecule has 0 unspecified atom stereocenters. The van der Waals surface area contributed by atoms with Gasteiger partial charge in [0.25, 0.3) is 0 Å². The Bertz CT molecular complexity index is 927. The summed E-state index contributed by atoms with van der Waals surface area (Å²) in [5, 5.41) is 3.57. The Labute approximate surface area is 163 Å². The molecule has 3 aromatic rings. The Hall–Kier alpha value is -2.13. The minimum atomic E-state index is 1.02. The lowest BCUT2D eigenvalue weighted by Gasteiger charge is -2.11. The molecule has 144 valence electrons. The number of fused-ring (bicyclic) bond motifs is 1. The van der Waals surface area contributed by atoms with Gasteiger partial charge in [0.1, 0.15) is 0 Å². The minimum absolute atomic E-state index is 1.02. The Morgan fingerprint density at radius 1 is 1.00 bits per heavy atom. The fraction of sp³-hybridized carbons (Fsp3) is 0.458. The average Bonchev–Trinajstić information content (AvgIpc) is 2.90. The fourth-order valence-electron chi connectivity index (χ4n) is 4.26. The van der Waals surface area contributed by atoms with E-state index in [0.717, 1.165) is 30.7 Å². The maximum Gasteiger partial charge on any atom is 0.0965 e. The van der Waals surface area contributed by atoms with Gasteiger partial charge in [0.15, 0.2) is 0 Å². The van der Waals surface area contributed by atoms with Crippen molar-refractivity contribution in [3.05, 3.63) is 52.3 Å². The molecule has 0 aliphatic rings. The van der Waals surface area contributed by atoms with E-state index in [1.165, 1.54) is 51.7 Å². The molecule has 0 bridgehead atoms. The Balaban J connectivity index is 2.05. The van der Waals surface area contributed by atoms with E-state index in [1.807, 2.05) is 0 Å². The Kier molecular flexibility index (Phi) is 6.01. The smallest absolute Gasteiger partial charge is 0.0965 e. The molecule has 27 heavy (non-hydrogen) atoms. The van der Waals surface area contributed by atoms with Crippen LogP contribution in [0, 0.1) is 27.7 Å². The van der Waals surface area contributed by atoms with Crippen molar-refractivity contribution < 1.29 is 0 Å². The quantitative estimate of drug-likeness (QED) is 0.569. The number of nitrogens with zero attached hydrogens (tertiary/aromatic N) is 2. The van der Waals surface area contributed by atoms with E-state index in [-0.39, 0.29) is 0 Å². The molecule has 2 aromatic heterocycles. The van der Waals surface area contributed by atoms with Gasteiger partial charge in [-0.05, 0) is 81.9 Å². The summed E-state index contributed by atoms with van der Waals surface area (Å²) in [6, 6.07) is 6.80. The van der Waals surface area contributed by atoms with Crippen LogP contribution in [0.2, 0.25) is 0 Å². The van der Waals surface area contributed by atoms with E-state index in [1.54, 1.807) is 0 Å². The maximum atomic E-state index is 4.95. The molecule has 3 heteroatoms. The lowest BCUT2D eigenvalue weighted by atomic mass is 9.94. The van der Waals surface area contributed by atoms with Gasteiger partial charge in [0.2, 0.25) is 0 Å². The molecule has 0 amide bonds. The van der Waals surface area contributed by atoms with Crippen molar-refractivity contribution in [3.63, 3.8) is 0 Å². The molecule has 1 N–H and O–H groups in total. The second-order valence-electron chi connectivity index (χ2n) is 7.90. The summed E-state index contributed by atoms with van der Waals surface area (Å²) >= 11 is 0. The highest BCUT2D eigenvalue weighted by atomic mass is 14.9. The summed E-state index contributed by atoms with van der Waals surface area (Å²) < 4.78 is 2.26. The van der Waals surface area contributed by atoms with Crippen LogP contribution >= 0.6 is 0 Å². The number of nitrogens with one attached hydrogen (secondary N) is 1. The van der Waals surface area contributed by atoms with E-state index in [0.29, 0.717) is 0 Å². The maximum absolute atomic E-state index is 4.95. The molecule has 0 fully saturated rings. The first kappa shape index (κ1) is 19.6. The van der Waals surface area contributed by atoms with Gasteiger partial charge in [-0.25, -0.2) is 0 Å². The zero-order valence-corrected chi connectivity index (χ0v) is 17.7. The minimum Gasteiger partial charge on any atom is -0.348 e. The van der Waals surface area contributed by atoms with Crippen molar-refractivity contribution in [2.45, 2.75) is 53.9 Å². The third kappa shape index (κ3) is 4.08. The van der Waals surface area contributed by atoms with Crippen LogP contribution in [-0.4, -0.2) is 22.6 Å². The normalized spacial score (nSPS) is 11.5. The molecule has 0 aliphatic carbocycles. The van der Waals surface area contributed by atoms with Crippen molar-refractivity contribution >= 4 is 11.0 Å². The molecule has 1 aromatic carbocycles. The highest BCUT2D eigenvalue weighted by Gasteiger charge is 2.17. The first-order valence-corrected chi connectivity index (χ1v) is 10.2. The topological polar surface area (TPSA) is 29.9 Å². The predicted molar refractivity (Wildman–Crippen MR) is 117 cm³/mol. The molecular formula is C24H33N3. The van der Waals surface area contributed by atoms with E-state index in [2.05, 4.69) is 75.9 Å². The summed E-state index contributed by atoms with van der Waals surface area (Å²) in [6.07, 6.45) is 5.77. The van der Waals surface area contributed by atoms with Crippen LogP contribution in [0.25, 0.3) is 22.2 Å². The van der Waals surface area contributed by atoms with E-state index in [9.17, 15) is 0 Å². The Morgan fingerprint density at radius 3 is 2.37 bits per heavy atom. The molecule has 0 radical (unpaired) electrons. The van der Waals surface area contributed by atoms with Crippen LogP contribution in [-0.2, 0) is 13.5 Å². The van der Waals surface area contributed by atoms with Crippen LogP contribution in [0.15, 0.2) is 24.4 Å². The molecule has 3 nitrogen and oxygen atoms in total. The highest BCUT2D eigenvalue weighted by Crippen LogP contribution is 2.35. The second-order valence-corrected chi connectivity index (χ2v) is 7.90. The Morgan fingerprint density at radius 2 is 1.70 bits per heavy atom. The van der Waals surface area contributed by atoms with E-state index < -0.39 is 0 Å². The van der Waals surface area contributed by atoms with Crippen molar-refractivity contribution in [3.8, 4) is 11.1 Å². The third-order valence-corrected chi connectivity index (χ3v) is 5.35. The zero-order chi connectivity index (χ0) is 19.6. The van der Waals surface area contributed by atoms with E-state index >= 15 is 0 Å². The van der Waals surface area contributed by atoms with Gasteiger partial charge in [-0.3, -0.25) is 4.98 Å². The number of benzene rings is 1. The highest BCUT2D eigenvalue weighted by molar-refractivity contribution is 5.96. The predicted octanol–water partition coefficient (Wildman–Crippen LogP) is 5.41. The number of pyridine rings is 1. The summed E-state index contributed by atoms with van der Waals surface area (Å²) in [5.41, 5.74) is 11.4. The monoisotopic (exact) mass is 363 g/mol. The molecule has 0 saturated heterocycles. The van der Waals surface area contributed by atoms with Gasteiger partial charge < -0.3 is 9.88 Å². The average molecular weight is 364 g/mol. The SMILES string of the molecule is CCCCNCCc1cc(C)nc2c(-c3c(C)cc(C)cc3C)cn(C)c12. The van der Waals surface area contributed by atoms with Crippen LogP contribution in [0.3, 0.4) is 0 Å². The number of hydrogen-bond acceptors (Lipinski definition) is 2. The van der Waals surface area contributed by atoms with Crippen molar-refractivity contribution in [1.29, 1.82) is 0 Å². The first-order chi connectivity index (χ1) is 12.9. The van der Waals surface area contributed by atoms with E-state index in [4.69, 9.17) is 4.98 Å². The van der Waals surface area contributed by atoms with Crippen LogP contribution < -0.4 is 5.32 Å². The van der Waals surface area contributed by atoms with Gasteiger partial charge in [-0.2, -0.15) is 0 Å². The summed E-state index contributed by atoms with van der Waals surface area (Å²) in [4.78, 5) is 4.95. The number of rotatable bonds is 7. The zero-order valence-electron chi connectivity index (χ0n) is 17.7. The number of hydrogen-bond donors (Lipinski definition) is 1. The molecule has 0 spiro atoms. The fourth-order valence-corrected chi connectivity index (χ4v) is 4.26. The molecule has 0 atom stereocenters. The van der Waals surface area contributed by atoms with Gasteiger partial charge in [0, 0.05) is 24.5 Å². The number of aromatic nitrogens is 2. The first-order valence-electron chi connectivity index (χ1n) is 10.2. The summed E-state index contributed by atoms with van der Waals surface area (Å²) in [5.74, 6) is 0. The molecular weight excluding hydrogens is 330 g/mol. The molecule has 0 saturated carbocycles. The standard InChI is InChI=1S/C24H33N3/c1-7-8-10-25-11-9-20-14-19(5)26-23-21(15-27(6)24(20)23)22-17(3)12-16(2)13-18(22)4/h12-15,25H,7-11H2,1-6H3. The largest absolute Gasteiger partial charge is 0.348 e. The van der Waals surface area contributed by atoms with Gasteiger partial charge in [-0.1, -0.05) is 31.0 Å². The second kappa shape index (κ2) is 8.26. The summed E-state index contributed by atoms with van der Waals surface area (Å²) in [7, 11) is 2.15. The lowest BCUT2D eigenvalue weighted by Crippen LogP contribution is -2.18. The lowest BCUT2D eigenvalue weighted by molar-refractivity contribution is 0.640.